The molecule has 4 rings (SSSR count). The fourth-order valence-electron chi connectivity index (χ4n) is 3.56. The van der Waals surface area contributed by atoms with Crippen LogP contribution in [0.5, 0.6) is 17.2 Å². The van der Waals surface area contributed by atoms with E-state index in [1.165, 1.54) is 0 Å². The van der Waals surface area contributed by atoms with Gasteiger partial charge in [-0.3, -0.25) is 0 Å². The molecule has 1 fully saturated rings. The molecule has 1 N–H and O–H groups in total. The van der Waals surface area contributed by atoms with Crippen LogP contribution in [0.25, 0.3) is 0 Å². The molecular formula is C22H26N2O4S. The molecule has 0 saturated carbocycles. The van der Waals surface area contributed by atoms with E-state index in [0.717, 1.165) is 54.5 Å². The second-order valence-corrected chi connectivity index (χ2v) is 7.45. The molecule has 0 aromatic heterocycles. The number of benzene rings is 2. The summed E-state index contributed by atoms with van der Waals surface area (Å²) in [5.41, 5.74) is 1.97. The largest absolute Gasteiger partial charge is 0.492 e. The number of anilines is 1. The van der Waals surface area contributed by atoms with Crippen molar-refractivity contribution < 1.29 is 18.9 Å². The Kier molecular flexibility index (Phi) is 6.36. The van der Waals surface area contributed by atoms with E-state index >= 15 is 0 Å². The van der Waals surface area contributed by atoms with Crippen LogP contribution in [-0.2, 0) is 11.3 Å². The Balaban J connectivity index is 1.51. The fraction of sp³-hybridized carbons (Fsp3) is 0.409. The van der Waals surface area contributed by atoms with Gasteiger partial charge >= 0.3 is 0 Å². The second-order valence-electron chi connectivity index (χ2n) is 7.06. The van der Waals surface area contributed by atoms with E-state index < -0.39 is 0 Å². The van der Waals surface area contributed by atoms with Crippen LogP contribution < -0.4 is 19.5 Å². The number of nitrogens with one attached hydrogen (secondary N) is 1. The van der Waals surface area contributed by atoms with Gasteiger partial charge in [0.1, 0.15) is 5.75 Å². The van der Waals surface area contributed by atoms with Crippen molar-refractivity contribution in [2.24, 2.45) is 0 Å². The summed E-state index contributed by atoms with van der Waals surface area (Å²) in [6.07, 6.45) is 2.33. The monoisotopic (exact) mass is 414 g/mol. The number of hydrogen-bond acceptors (Lipinski definition) is 5. The first-order valence-electron chi connectivity index (χ1n) is 10.0. The van der Waals surface area contributed by atoms with E-state index in [1.807, 2.05) is 49.4 Å². The maximum absolute atomic E-state index is 5.86. The van der Waals surface area contributed by atoms with Crippen LogP contribution in [0.2, 0.25) is 0 Å². The van der Waals surface area contributed by atoms with Gasteiger partial charge in [0.05, 0.1) is 18.4 Å². The van der Waals surface area contributed by atoms with Crippen molar-refractivity contribution in [1.82, 2.24) is 4.90 Å². The SMILES string of the molecule is CCOc1ccccc1NC(=S)N(Cc1ccc2c(c1)OCO2)CC1CCCO1. The first-order valence-corrected chi connectivity index (χ1v) is 10.4. The molecule has 1 saturated heterocycles. The number of nitrogens with zero attached hydrogens (tertiary/aromatic N) is 1. The van der Waals surface area contributed by atoms with E-state index in [1.54, 1.807) is 0 Å². The van der Waals surface area contributed by atoms with Crippen molar-refractivity contribution in [3.05, 3.63) is 48.0 Å². The Morgan fingerprint density at radius 1 is 1.21 bits per heavy atom. The Labute approximate surface area is 176 Å². The van der Waals surface area contributed by atoms with Gasteiger partial charge in [-0.05, 0) is 61.8 Å². The number of ether oxygens (including phenoxy) is 4. The van der Waals surface area contributed by atoms with Gasteiger partial charge in [-0.15, -0.1) is 0 Å². The minimum atomic E-state index is 0.186. The van der Waals surface area contributed by atoms with Crippen molar-refractivity contribution in [1.29, 1.82) is 0 Å². The molecule has 2 heterocycles. The van der Waals surface area contributed by atoms with Crippen LogP contribution >= 0.6 is 12.2 Å². The topological polar surface area (TPSA) is 52.2 Å². The molecule has 7 heteroatoms. The normalized spacial score (nSPS) is 17.2. The zero-order valence-corrected chi connectivity index (χ0v) is 17.4. The highest BCUT2D eigenvalue weighted by atomic mass is 32.1. The summed E-state index contributed by atoms with van der Waals surface area (Å²) in [4.78, 5) is 2.14. The van der Waals surface area contributed by atoms with E-state index in [9.17, 15) is 0 Å². The molecule has 0 bridgehead atoms. The predicted molar refractivity (Wildman–Crippen MR) is 116 cm³/mol. The molecule has 2 aliphatic rings. The molecule has 0 aliphatic carbocycles. The molecule has 6 nitrogen and oxygen atoms in total. The Morgan fingerprint density at radius 2 is 2.07 bits per heavy atom. The van der Waals surface area contributed by atoms with Crippen LogP contribution in [0.15, 0.2) is 42.5 Å². The van der Waals surface area contributed by atoms with Crippen LogP contribution in [0.3, 0.4) is 0 Å². The highest BCUT2D eigenvalue weighted by Gasteiger charge is 2.23. The first-order chi connectivity index (χ1) is 14.2. The molecule has 2 aromatic carbocycles. The third-order valence-corrected chi connectivity index (χ3v) is 5.33. The summed E-state index contributed by atoms with van der Waals surface area (Å²) >= 11 is 5.78. The third-order valence-electron chi connectivity index (χ3n) is 4.97. The molecule has 0 radical (unpaired) electrons. The van der Waals surface area contributed by atoms with Crippen molar-refractivity contribution in [3.8, 4) is 17.2 Å². The highest BCUT2D eigenvalue weighted by Crippen LogP contribution is 2.33. The number of fused-ring (bicyclic) bond motifs is 1. The Hall–Kier alpha value is -2.51. The van der Waals surface area contributed by atoms with E-state index in [4.69, 9.17) is 31.2 Å². The molecule has 2 aliphatic heterocycles. The van der Waals surface area contributed by atoms with Gasteiger partial charge < -0.3 is 29.2 Å². The lowest BCUT2D eigenvalue weighted by Gasteiger charge is -2.29. The fourth-order valence-corrected chi connectivity index (χ4v) is 3.81. The van der Waals surface area contributed by atoms with Gasteiger partial charge in [-0.25, -0.2) is 0 Å². The van der Waals surface area contributed by atoms with Gasteiger partial charge in [-0.2, -0.15) is 0 Å². The maximum Gasteiger partial charge on any atom is 0.231 e. The zero-order valence-electron chi connectivity index (χ0n) is 16.6. The van der Waals surface area contributed by atoms with E-state index in [2.05, 4.69) is 10.2 Å². The average Bonchev–Trinajstić information content (AvgIpc) is 3.40. The summed E-state index contributed by atoms with van der Waals surface area (Å²) in [5, 5.41) is 4.01. The van der Waals surface area contributed by atoms with Crippen LogP contribution in [0, 0.1) is 0 Å². The lowest BCUT2D eigenvalue weighted by atomic mass is 10.1. The van der Waals surface area contributed by atoms with Crippen LogP contribution in [-0.4, -0.2) is 42.7 Å². The van der Waals surface area contributed by atoms with Gasteiger partial charge in [0.25, 0.3) is 0 Å². The number of thiocarbonyl (C=S) groups is 1. The molecule has 1 unspecified atom stereocenters. The van der Waals surface area contributed by atoms with Crippen LogP contribution in [0.1, 0.15) is 25.3 Å². The highest BCUT2D eigenvalue weighted by molar-refractivity contribution is 7.80. The van der Waals surface area contributed by atoms with Gasteiger partial charge in [-0.1, -0.05) is 18.2 Å². The zero-order chi connectivity index (χ0) is 20.1. The lowest BCUT2D eigenvalue weighted by Crippen LogP contribution is -2.39. The van der Waals surface area contributed by atoms with Crippen molar-refractivity contribution in [2.75, 3.05) is 31.9 Å². The predicted octanol–water partition coefficient (Wildman–Crippen LogP) is 4.19. The molecule has 0 amide bonds. The molecule has 154 valence electrons. The quantitative estimate of drug-likeness (QED) is 0.682. The third kappa shape index (κ3) is 4.92. The molecule has 29 heavy (non-hydrogen) atoms. The minimum Gasteiger partial charge on any atom is -0.492 e. The van der Waals surface area contributed by atoms with E-state index in [-0.39, 0.29) is 12.9 Å². The van der Waals surface area contributed by atoms with Gasteiger partial charge in [0.15, 0.2) is 16.6 Å². The standard InChI is InChI=1S/C22H26N2O4S/c1-2-25-19-8-4-3-7-18(19)23-22(29)24(14-17-6-5-11-26-17)13-16-9-10-20-21(12-16)28-15-27-20/h3-4,7-10,12,17H,2,5-6,11,13-15H2,1H3,(H,23,29). The number of para-hydroxylation sites is 2. The number of hydrogen-bond donors (Lipinski definition) is 1. The first kappa shape index (κ1) is 19.8. The van der Waals surface area contributed by atoms with Gasteiger partial charge in [0.2, 0.25) is 6.79 Å². The average molecular weight is 415 g/mol. The molecule has 0 spiro atoms. The minimum absolute atomic E-state index is 0.186. The van der Waals surface area contributed by atoms with Crippen molar-refractivity contribution in [2.45, 2.75) is 32.4 Å². The Bertz CT molecular complexity index is 854. The summed E-state index contributed by atoms with van der Waals surface area (Å²) in [5.74, 6) is 2.35. The summed E-state index contributed by atoms with van der Waals surface area (Å²) in [6.45, 7) is 5.04. The summed E-state index contributed by atoms with van der Waals surface area (Å²) in [7, 11) is 0. The van der Waals surface area contributed by atoms with Crippen molar-refractivity contribution in [3.63, 3.8) is 0 Å². The van der Waals surface area contributed by atoms with E-state index in [0.29, 0.717) is 18.3 Å². The van der Waals surface area contributed by atoms with Crippen molar-refractivity contribution >= 4 is 23.0 Å². The Morgan fingerprint density at radius 3 is 2.90 bits per heavy atom. The second kappa shape index (κ2) is 9.33. The lowest BCUT2D eigenvalue weighted by molar-refractivity contribution is 0.0905. The molecule has 1 atom stereocenters. The maximum atomic E-state index is 5.86. The van der Waals surface area contributed by atoms with Crippen LogP contribution in [0.4, 0.5) is 5.69 Å². The molecule has 2 aromatic rings. The van der Waals surface area contributed by atoms with Gasteiger partial charge in [0, 0.05) is 19.7 Å². The summed E-state index contributed by atoms with van der Waals surface area (Å²) in [6, 6.07) is 13.8. The summed E-state index contributed by atoms with van der Waals surface area (Å²) < 4.78 is 22.5. The molecular weight excluding hydrogens is 388 g/mol. The smallest absolute Gasteiger partial charge is 0.231 e. The number of rotatable bonds is 7.